The fraction of sp³-hybridized carbons (Fsp3) is 0.556. The van der Waals surface area contributed by atoms with Crippen LogP contribution in [0, 0.1) is 5.82 Å². The van der Waals surface area contributed by atoms with Crippen molar-refractivity contribution in [2.24, 2.45) is 0 Å². The summed E-state index contributed by atoms with van der Waals surface area (Å²) in [6.45, 7) is 6.82. The Hall–Kier alpha value is -1.86. The number of carboxylic acid groups (broad SMARTS) is 1. The molecule has 2 rings (SSSR count). The number of rotatable bonds is 4. The zero-order valence-corrected chi connectivity index (χ0v) is 16.1. The quantitative estimate of drug-likeness (QED) is 0.828. The van der Waals surface area contributed by atoms with E-state index >= 15 is 0 Å². The molecule has 1 amide bonds. The Bertz CT molecular complexity index is 623. The van der Waals surface area contributed by atoms with Crippen LogP contribution in [0.3, 0.4) is 0 Å². The van der Waals surface area contributed by atoms with Gasteiger partial charge in [-0.1, -0.05) is 12.1 Å². The van der Waals surface area contributed by atoms with Crippen molar-refractivity contribution in [1.82, 2.24) is 10.2 Å². The zero-order chi connectivity index (χ0) is 18.7. The van der Waals surface area contributed by atoms with Crippen LogP contribution in [-0.2, 0) is 16.1 Å². The topological polar surface area (TPSA) is 78.9 Å². The molecule has 1 aromatic carbocycles. The smallest absolute Gasteiger partial charge is 0.408 e. The van der Waals surface area contributed by atoms with Crippen LogP contribution in [0.1, 0.15) is 39.2 Å². The van der Waals surface area contributed by atoms with Gasteiger partial charge in [0.15, 0.2) is 0 Å². The first-order valence-corrected chi connectivity index (χ1v) is 8.31. The molecular formula is C18H26ClFN2O4. The molecule has 0 atom stereocenters. The number of alkyl carbamates (subject to hydrolysis) is 1. The van der Waals surface area contributed by atoms with Gasteiger partial charge in [0.2, 0.25) is 0 Å². The molecule has 0 saturated carbocycles. The van der Waals surface area contributed by atoms with E-state index in [4.69, 9.17) is 4.74 Å². The first-order valence-electron chi connectivity index (χ1n) is 8.31. The van der Waals surface area contributed by atoms with Gasteiger partial charge in [0.05, 0.1) is 0 Å². The van der Waals surface area contributed by atoms with Gasteiger partial charge >= 0.3 is 12.1 Å². The molecule has 1 heterocycles. The van der Waals surface area contributed by atoms with Gasteiger partial charge in [0.1, 0.15) is 17.0 Å². The van der Waals surface area contributed by atoms with Gasteiger partial charge in [0.25, 0.3) is 0 Å². The summed E-state index contributed by atoms with van der Waals surface area (Å²) in [7, 11) is 0. The summed E-state index contributed by atoms with van der Waals surface area (Å²) in [6, 6.07) is 6.25. The van der Waals surface area contributed by atoms with Crippen molar-refractivity contribution in [2.75, 3.05) is 13.1 Å². The Labute approximate surface area is 159 Å². The van der Waals surface area contributed by atoms with Crippen LogP contribution in [0.25, 0.3) is 0 Å². The lowest BCUT2D eigenvalue weighted by Gasteiger charge is -2.39. The first-order chi connectivity index (χ1) is 11.6. The van der Waals surface area contributed by atoms with E-state index in [1.807, 2.05) is 0 Å². The highest BCUT2D eigenvalue weighted by atomic mass is 35.5. The number of carbonyl (C=O) groups is 2. The molecule has 6 nitrogen and oxygen atoms in total. The number of carboxylic acids is 1. The van der Waals surface area contributed by atoms with Crippen LogP contribution < -0.4 is 5.32 Å². The van der Waals surface area contributed by atoms with E-state index in [-0.39, 0.29) is 31.1 Å². The van der Waals surface area contributed by atoms with Crippen molar-refractivity contribution in [3.63, 3.8) is 0 Å². The van der Waals surface area contributed by atoms with Crippen molar-refractivity contribution < 1.29 is 23.8 Å². The molecule has 2 N–H and O–H groups in total. The van der Waals surface area contributed by atoms with Crippen LogP contribution >= 0.6 is 12.4 Å². The van der Waals surface area contributed by atoms with Gasteiger partial charge in [-0.2, -0.15) is 0 Å². The lowest BCUT2D eigenvalue weighted by atomic mass is 9.87. The summed E-state index contributed by atoms with van der Waals surface area (Å²) in [5.74, 6) is -1.34. The van der Waals surface area contributed by atoms with Crippen molar-refractivity contribution in [2.45, 2.75) is 51.3 Å². The maximum Gasteiger partial charge on any atom is 0.408 e. The van der Waals surface area contributed by atoms with Gasteiger partial charge in [0, 0.05) is 19.6 Å². The summed E-state index contributed by atoms with van der Waals surface area (Å²) in [6.07, 6.45) is -0.159. The number of hydrogen-bond donors (Lipinski definition) is 2. The highest BCUT2D eigenvalue weighted by Crippen LogP contribution is 2.25. The monoisotopic (exact) mass is 388 g/mol. The summed E-state index contributed by atoms with van der Waals surface area (Å²) >= 11 is 0. The molecule has 26 heavy (non-hydrogen) atoms. The van der Waals surface area contributed by atoms with Gasteiger partial charge < -0.3 is 15.2 Å². The average Bonchev–Trinajstić information content (AvgIpc) is 2.49. The highest BCUT2D eigenvalue weighted by molar-refractivity contribution is 5.85. The van der Waals surface area contributed by atoms with Gasteiger partial charge in [-0.15, -0.1) is 12.4 Å². The third-order valence-electron chi connectivity index (χ3n) is 4.18. The second-order valence-corrected chi connectivity index (χ2v) is 7.42. The van der Waals surface area contributed by atoms with Crippen molar-refractivity contribution in [3.05, 3.63) is 35.6 Å². The Morgan fingerprint density at radius 1 is 1.23 bits per heavy atom. The van der Waals surface area contributed by atoms with E-state index in [1.165, 1.54) is 12.1 Å². The minimum Gasteiger partial charge on any atom is -0.480 e. The number of piperidine rings is 1. The number of amides is 1. The predicted molar refractivity (Wildman–Crippen MR) is 97.9 cm³/mol. The van der Waals surface area contributed by atoms with Crippen LogP contribution in [-0.4, -0.2) is 46.3 Å². The van der Waals surface area contributed by atoms with Crippen LogP contribution in [0.15, 0.2) is 24.3 Å². The molecule has 146 valence electrons. The largest absolute Gasteiger partial charge is 0.480 e. The van der Waals surface area contributed by atoms with Crippen LogP contribution in [0.4, 0.5) is 9.18 Å². The molecule has 1 fully saturated rings. The number of nitrogens with zero attached hydrogens (tertiary/aromatic N) is 1. The zero-order valence-electron chi connectivity index (χ0n) is 15.3. The minimum atomic E-state index is -1.32. The van der Waals surface area contributed by atoms with E-state index in [0.29, 0.717) is 19.6 Å². The molecule has 1 aliphatic rings. The van der Waals surface area contributed by atoms with Crippen molar-refractivity contribution in [3.8, 4) is 0 Å². The Morgan fingerprint density at radius 3 is 2.23 bits per heavy atom. The molecule has 0 unspecified atom stereocenters. The summed E-state index contributed by atoms with van der Waals surface area (Å²) in [5.41, 5.74) is -1.04. The number of likely N-dealkylation sites (tertiary alicyclic amines) is 1. The number of hydrogen-bond acceptors (Lipinski definition) is 4. The lowest BCUT2D eigenvalue weighted by Crippen LogP contribution is -2.60. The number of nitrogens with one attached hydrogen (secondary N) is 1. The third kappa shape index (κ3) is 6.14. The Balaban J connectivity index is 0.00000338. The predicted octanol–water partition coefficient (Wildman–Crippen LogP) is 3.19. The third-order valence-corrected chi connectivity index (χ3v) is 4.18. The number of carbonyl (C=O) groups excluding carboxylic acids is 1. The second kappa shape index (κ2) is 8.68. The van der Waals surface area contributed by atoms with E-state index in [9.17, 15) is 19.1 Å². The maximum absolute atomic E-state index is 13.0. The summed E-state index contributed by atoms with van der Waals surface area (Å²) < 4.78 is 18.2. The van der Waals surface area contributed by atoms with Crippen LogP contribution in [0.2, 0.25) is 0 Å². The molecule has 1 aliphatic heterocycles. The van der Waals surface area contributed by atoms with Gasteiger partial charge in [-0.25, -0.2) is 14.0 Å². The maximum atomic E-state index is 13.0. The van der Waals surface area contributed by atoms with Gasteiger partial charge in [-0.05, 0) is 51.3 Å². The molecule has 0 bridgehead atoms. The highest BCUT2D eigenvalue weighted by Gasteiger charge is 2.43. The SMILES string of the molecule is CC(C)(C)OC(=O)NC1(C(=O)O)CCN(Cc2ccc(F)cc2)CC1.Cl. The van der Waals surface area contributed by atoms with Crippen molar-refractivity contribution in [1.29, 1.82) is 0 Å². The second-order valence-electron chi connectivity index (χ2n) is 7.42. The van der Waals surface area contributed by atoms with Crippen molar-refractivity contribution >= 4 is 24.5 Å². The summed E-state index contributed by atoms with van der Waals surface area (Å²) in [5, 5.41) is 12.2. The average molecular weight is 389 g/mol. The normalized spacial score (nSPS) is 17.1. The number of halogens is 2. The molecule has 0 spiro atoms. The standard InChI is InChI=1S/C18H25FN2O4.ClH/c1-17(2,3)25-16(24)20-18(15(22)23)8-10-21(11-9-18)12-13-4-6-14(19)7-5-13;/h4-7H,8-12H2,1-3H3,(H,20,24)(H,22,23);1H. The molecule has 0 radical (unpaired) electrons. The molecule has 1 saturated heterocycles. The molecule has 0 aliphatic carbocycles. The van der Waals surface area contributed by atoms with Crippen LogP contribution in [0.5, 0.6) is 0 Å². The first kappa shape index (κ1) is 22.2. The molecular weight excluding hydrogens is 363 g/mol. The number of aliphatic carboxylic acids is 1. The minimum absolute atomic E-state index is 0. The lowest BCUT2D eigenvalue weighted by molar-refractivity contribution is -0.147. The number of ether oxygens (including phenoxy) is 1. The molecule has 8 heteroatoms. The van der Waals surface area contributed by atoms with E-state index in [1.54, 1.807) is 32.9 Å². The Morgan fingerprint density at radius 2 is 1.77 bits per heavy atom. The summed E-state index contributed by atoms with van der Waals surface area (Å²) in [4.78, 5) is 25.8. The molecule has 1 aromatic rings. The number of benzene rings is 1. The molecule has 0 aromatic heterocycles. The van der Waals surface area contributed by atoms with E-state index in [2.05, 4.69) is 10.2 Å². The fourth-order valence-corrected chi connectivity index (χ4v) is 2.83. The van der Waals surface area contributed by atoms with E-state index in [0.717, 1.165) is 5.56 Å². The Kier molecular flexibility index (Phi) is 7.41. The van der Waals surface area contributed by atoms with Gasteiger partial charge in [-0.3, -0.25) is 4.90 Å². The van der Waals surface area contributed by atoms with E-state index < -0.39 is 23.2 Å². The fourth-order valence-electron chi connectivity index (χ4n) is 2.83.